The Kier molecular flexibility index (Phi) is 5.63. The molecule has 2 aromatic heterocycles. The van der Waals surface area contributed by atoms with Gasteiger partial charge >= 0.3 is 6.18 Å². The Labute approximate surface area is 200 Å². The molecule has 35 heavy (non-hydrogen) atoms. The van der Waals surface area contributed by atoms with Gasteiger partial charge in [-0.2, -0.15) is 18.2 Å². The van der Waals surface area contributed by atoms with Gasteiger partial charge in [0.2, 0.25) is 5.88 Å². The number of hydrogen-bond acceptors (Lipinski definition) is 9. The van der Waals surface area contributed by atoms with Gasteiger partial charge in [-0.05, 0) is 18.2 Å². The first-order valence-corrected chi connectivity index (χ1v) is 10.5. The van der Waals surface area contributed by atoms with E-state index in [0.29, 0.717) is 46.8 Å². The van der Waals surface area contributed by atoms with Crippen LogP contribution in [0.2, 0.25) is 5.02 Å². The first-order valence-electron chi connectivity index (χ1n) is 10.1. The normalized spacial score (nSPS) is 14.5. The quantitative estimate of drug-likeness (QED) is 0.538. The van der Waals surface area contributed by atoms with Crippen LogP contribution in [-0.2, 0) is 0 Å². The van der Waals surface area contributed by atoms with Crippen LogP contribution in [0.4, 0.5) is 29.1 Å². The van der Waals surface area contributed by atoms with Gasteiger partial charge in [-0.15, -0.1) is 5.10 Å². The highest BCUT2D eigenvalue weighted by Gasteiger charge is 2.32. The van der Waals surface area contributed by atoms with Crippen LogP contribution in [0, 0.1) is 5.82 Å². The van der Waals surface area contributed by atoms with Crippen LogP contribution in [0.25, 0.3) is 11.3 Å². The monoisotopic (exact) mass is 506 g/mol. The van der Waals surface area contributed by atoms with Crippen molar-refractivity contribution in [1.82, 2.24) is 20.4 Å². The van der Waals surface area contributed by atoms with Crippen LogP contribution in [0.3, 0.4) is 0 Å². The second-order valence-electron chi connectivity index (χ2n) is 7.49. The number of hydrogen-bond donors (Lipinski definition) is 1. The highest BCUT2D eigenvalue weighted by Crippen LogP contribution is 2.34. The molecular formula is C21H15ClF4N8O. The van der Waals surface area contributed by atoms with E-state index < -0.39 is 18.6 Å². The van der Waals surface area contributed by atoms with Crippen LogP contribution < -0.4 is 20.0 Å². The van der Waals surface area contributed by atoms with Crippen molar-refractivity contribution in [3.05, 3.63) is 59.3 Å². The standard InChI is InChI=1S/C21H15ClF4N8O/c1-33(19-12-4-14(23)13(22)5-16(12)34-10-29-32-20(34)31-19)17-8-27-7-15(30-17)11-2-3-18(28-6-11)35-9-21(24,25)26/h2-8,29H,9-10H2,1H3. The lowest BCUT2D eigenvalue weighted by Gasteiger charge is -2.30. The summed E-state index contributed by atoms with van der Waals surface area (Å²) in [4.78, 5) is 20.6. The maximum Gasteiger partial charge on any atom is 0.422 e. The number of fused-ring (bicyclic) bond motifs is 3. The molecule has 9 nitrogen and oxygen atoms in total. The van der Waals surface area contributed by atoms with E-state index in [1.54, 1.807) is 16.8 Å². The number of halogens is 5. The molecule has 0 amide bonds. The minimum absolute atomic E-state index is 0.0316. The van der Waals surface area contributed by atoms with Crippen molar-refractivity contribution in [3.63, 3.8) is 0 Å². The first-order chi connectivity index (χ1) is 16.7. The van der Waals surface area contributed by atoms with E-state index in [9.17, 15) is 17.6 Å². The van der Waals surface area contributed by atoms with Gasteiger partial charge in [-0.1, -0.05) is 11.6 Å². The SMILES string of the molecule is CN(C1=NC2=NNCN2c2cc(Cl)c(F)cc21)c1cncc(-c2ccc(OCC(F)(F)F)nc2)n1. The number of nitrogens with one attached hydrogen (secondary N) is 1. The predicted molar refractivity (Wildman–Crippen MR) is 121 cm³/mol. The molecule has 0 atom stereocenters. The highest BCUT2D eigenvalue weighted by atomic mass is 35.5. The number of anilines is 2. The van der Waals surface area contributed by atoms with E-state index in [2.05, 4.69) is 35.2 Å². The number of aliphatic imine (C=N–C) groups is 1. The topological polar surface area (TPSA) is 91.1 Å². The zero-order chi connectivity index (χ0) is 24.7. The van der Waals surface area contributed by atoms with Gasteiger partial charge in [0.15, 0.2) is 12.4 Å². The lowest BCUT2D eigenvalue weighted by atomic mass is 10.1. The third kappa shape index (κ3) is 4.54. The summed E-state index contributed by atoms with van der Waals surface area (Å²) in [7, 11) is 1.69. The van der Waals surface area contributed by atoms with Crippen molar-refractivity contribution < 1.29 is 22.3 Å². The molecule has 0 unspecified atom stereocenters. The second kappa shape index (κ2) is 8.65. The Morgan fingerprint density at radius 3 is 2.77 bits per heavy atom. The Balaban J connectivity index is 1.45. The van der Waals surface area contributed by atoms with E-state index in [1.165, 1.54) is 42.9 Å². The summed E-state index contributed by atoms with van der Waals surface area (Å²) in [6.07, 6.45) is -0.154. The molecule has 1 N–H and O–H groups in total. The largest absolute Gasteiger partial charge is 0.468 e. The summed E-state index contributed by atoms with van der Waals surface area (Å²) in [6, 6.07) is 5.64. The molecule has 0 fully saturated rings. The molecule has 2 aliphatic heterocycles. The Hall–Kier alpha value is -4.00. The Morgan fingerprint density at radius 1 is 1.20 bits per heavy atom. The molecule has 0 aliphatic carbocycles. The zero-order valence-corrected chi connectivity index (χ0v) is 18.6. The number of rotatable bonds is 4. The lowest BCUT2D eigenvalue weighted by molar-refractivity contribution is -0.154. The fraction of sp³-hybridized carbons (Fsp3) is 0.190. The molecule has 14 heteroatoms. The van der Waals surface area contributed by atoms with E-state index in [0.717, 1.165) is 0 Å². The zero-order valence-electron chi connectivity index (χ0n) is 17.9. The molecule has 0 radical (unpaired) electrons. The van der Waals surface area contributed by atoms with E-state index in [-0.39, 0.29) is 10.9 Å². The van der Waals surface area contributed by atoms with Gasteiger partial charge < -0.3 is 9.64 Å². The molecule has 0 saturated heterocycles. The third-order valence-corrected chi connectivity index (χ3v) is 5.41. The highest BCUT2D eigenvalue weighted by molar-refractivity contribution is 6.32. The van der Waals surface area contributed by atoms with Crippen molar-refractivity contribution >= 4 is 34.9 Å². The number of amidine groups is 1. The number of aromatic nitrogens is 3. The molecule has 0 spiro atoms. The van der Waals surface area contributed by atoms with Crippen LogP contribution >= 0.6 is 11.6 Å². The molecule has 180 valence electrons. The van der Waals surface area contributed by atoms with Crippen molar-refractivity contribution in [1.29, 1.82) is 0 Å². The molecule has 5 rings (SSSR count). The number of nitrogens with zero attached hydrogens (tertiary/aromatic N) is 7. The summed E-state index contributed by atoms with van der Waals surface area (Å²) in [5.74, 6) is 0.356. The van der Waals surface area contributed by atoms with Gasteiger partial charge in [0.25, 0.3) is 5.96 Å². The summed E-state index contributed by atoms with van der Waals surface area (Å²) in [6.45, 7) is -1.08. The van der Waals surface area contributed by atoms with Crippen molar-refractivity contribution in [2.45, 2.75) is 6.18 Å². The maximum atomic E-state index is 14.4. The van der Waals surface area contributed by atoms with E-state index in [1.807, 2.05) is 0 Å². The van der Waals surface area contributed by atoms with Crippen LogP contribution in [-0.4, -0.2) is 53.2 Å². The summed E-state index contributed by atoms with van der Waals surface area (Å²) in [5, 5.41) is 4.12. The number of hydrazone groups is 1. The first kappa shape index (κ1) is 22.8. The fourth-order valence-corrected chi connectivity index (χ4v) is 3.63. The maximum absolute atomic E-state index is 14.4. The van der Waals surface area contributed by atoms with Crippen molar-refractivity contribution in [3.8, 4) is 17.1 Å². The summed E-state index contributed by atoms with van der Waals surface area (Å²) >= 11 is 6.01. The average molecular weight is 507 g/mol. The minimum atomic E-state index is -4.46. The van der Waals surface area contributed by atoms with Gasteiger partial charge in [0.05, 0.1) is 28.8 Å². The van der Waals surface area contributed by atoms with Gasteiger partial charge in [0.1, 0.15) is 18.3 Å². The van der Waals surface area contributed by atoms with Crippen molar-refractivity contribution in [2.24, 2.45) is 10.1 Å². The molecule has 1 aromatic carbocycles. The van der Waals surface area contributed by atoms with E-state index >= 15 is 0 Å². The second-order valence-corrected chi connectivity index (χ2v) is 7.89. The summed E-state index contributed by atoms with van der Waals surface area (Å²) < 4.78 is 56.0. The third-order valence-electron chi connectivity index (χ3n) is 5.12. The average Bonchev–Trinajstić information content (AvgIpc) is 3.32. The van der Waals surface area contributed by atoms with Crippen LogP contribution in [0.15, 0.2) is 52.9 Å². The Morgan fingerprint density at radius 2 is 2.03 bits per heavy atom. The van der Waals surface area contributed by atoms with Crippen LogP contribution in [0.1, 0.15) is 5.56 Å². The van der Waals surface area contributed by atoms with E-state index in [4.69, 9.17) is 11.6 Å². The molecule has 0 saturated carbocycles. The molecular weight excluding hydrogens is 492 g/mol. The van der Waals surface area contributed by atoms with Crippen molar-refractivity contribution in [2.75, 3.05) is 30.1 Å². The number of alkyl halides is 3. The lowest BCUT2D eigenvalue weighted by Crippen LogP contribution is -2.39. The number of benzene rings is 1. The van der Waals surface area contributed by atoms with Gasteiger partial charge in [-0.3, -0.25) is 15.3 Å². The van der Waals surface area contributed by atoms with Gasteiger partial charge in [0, 0.05) is 30.4 Å². The van der Waals surface area contributed by atoms with Crippen LogP contribution in [0.5, 0.6) is 5.88 Å². The fourth-order valence-electron chi connectivity index (χ4n) is 3.47. The van der Waals surface area contributed by atoms with Gasteiger partial charge in [-0.25, -0.2) is 14.4 Å². The number of ether oxygens (including phenoxy) is 1. The smallest absolute Gasteiger partial charge is 0.422 e. The molecule has 3 aromatic rings. The number of pyridine rings is 1. The summed E-state index contributed by atoms with van der Waals surface area (Å²) in [5.41, 5.74) is 4.86. The molecule has 4 heterocycles. The Bertz CT molecular complexity index is 1350. The molecule has 2 aliphatic rings. The predicted octanol–water partition coefficient (Wildman–Crippen LogP) is 3.81. The minimum Gasteiger partial charge on any atom is -0.468 e. The molecule has 0 bridgehead atoms. The number of guanidine groups is 1.